The van der Waals surface area contributed by atoms with Crippen molar-refractivity contribution in [3.8, 4) is 12.3 Å². The van der Waals surface area contributed by atoms with E-state index in [0.717, 1.165) is 4.68 Å². The molecule has 1 heterocycles. The fourth-order valence-electron chi connectivity index (χ4n) is 1.34. The van der Waals surface area contributed by atoms with Gasteiger partial charge in [0.25, 0.3) is 5.56 Å². The zero-order valence-corrected chi connectivity index (χ0v) is 11.4. The summed E-state index contributed by atoms with van der Waals surface area (Å²) in [6.45, 7) is 3.55. The first kappa shape index (κ1) is 15.1. The molecule has 0 saturated heterocycles. The van der Waals surface area contributed by atoms with Gasteiger partial charge in [-0.1, -0.05) is 17.5 Å². The standard InChI is InChI=1S/C12H14ClN3O3/c1-4-6-16-11(17)10(9(13)7-14-16)15-8(3)12(18)19-5-2/h1,7-8,15H,5-6H2,2-3H3. The van der Waals surface area contributed by atoms with Crippen LogP contribution >= 0.6 is 11.6 Å². The number of ether oxygens (including phenoxy) is 1. The Balaban J connectivity index is 3.01. The van der Waals surface area contributed by atoms with Gasteiger partial charge >= 0.3 is 5.97 Å². The van der Waals surface area contributed by atoms with E-state index in [9.17, 15) is 9.59 Å². The molecule has 7 heteroatoms. The number of hydrogen-bond acceptors (Lipinski definition) is 5. The highest BCUT2D eigenvalue weighted by molar-refractivity contribution is 6.33. The molecular weight excluding hydrogens is 270 g/mol. The van der Waals surface area contributed by atoms with Crippen molar-refractivity contribution in [3.63, 3.8) is 0 Å². The summed E-state index contributed by atoms with van der Waals surface area (Å²) in [7, 11) is 0. The van der Waals surface area contributed by atoms with Gasteiger partial charge in [0.2, 0.25) is 0 Å². The smallest absolute Gasteiger partial charge is 0.328 e. The highest BCUT2D eigenvalue weighted by atomic mass is 35.5. The predicted octanol–water partition coefficient (Wildman–Crippen LogP) is 0.893. The molecule has 1 atom stereocenters. The van der Waals surface area contributed by atoms with Crippen LogP contribution in [0.3, 0.4) is 0 Å². The van der Waals surface area contributed by atoms with Gasteiger partial charge in [0.05, 0.1) is 17.8 Å². The molecule has 19 heavy (non-hydrogen) atoms. The van der Waals surface area contributed by atoms with Crippen molar-refractivity contribution in [2.75, 3.05) is 11.9 Å². The number of carbonyl (C=O) groups is 1. The van der Waals surface area contributed by atoms with Crippen molar-refractivity contribution in [3.05, 3.63) is 21.6 Å². The summed E-state index contributed by atoms with van der Waals surface area (Å²) in [6, 6.07) is -0.702. The van der Waals surface area contributed by atoms with Crippen LogP contribution in [0, 0.1) is 12.3 Å². The Bertz CT molecular complexity index is 562. The maximum atomic E-state index is 12.0. The minimum Gasteiger partial charge on any atom is -0.464 e. The fourth-order valence-corrected chi connectivity index (χ4v) is 1.52. The van der Waals surface area contributed by atoms with E-state index in [2.05, 4.69) is 16.3 Å². The Hall–Kier alpha value is -2.00. The molecule has 0 spiro atoms. The maximum absolute atomic E-state index is 12.0. The van der Waals surface area contributed by atoms with Gasteiger partial charge in [0.1, 0.15) is 18.3 Å². The summed E-state index contributed by atoms with van der Waals surface area (Å²) >= 11 is 5.89. The van der Waals surface area contributed by atoms with E-state index in [1.165, 1.54) is 6.20 Å². The first-order valence-electron chi connectivity index (χ1n) is 5.63. The van der Waals surface area contributed by atoms with E-state index >= 15 is 0 Å². The van der Waals surface area contributed by atoms with Crippen molar-refractivity contribution >= 4 is 23.3 Å². The summed E-state index contributed by atoms with van der Waals surface area (Å²) < 4.78 is 5.91. The first-order chi connectivity index (χ1) is 9.01. The van der Waals surface area contributed by atoms with E-state index < -0.39 is 17.6 Å². The quantitative estimate of drug-likeness (QED) is 0.642. The second kappa shape index (κ2) is 6.81. The van der Waals surface area contributed by atoms with Crippen LogP contribution < -0.4 is 10.9 Å². The Morgan fingerprint density at radius 3 is 3.00 bits per heavy atom. The summed E-state index contributed by atoms with van der Waals surface area (Å²) in [5, 5.41) is 6.62. The molecule has 0 bridgehead atoms. The molecule has 102 valence electrons. The Labute approximate surface area is 115 Å². The van der Waals surface area contributed by atoms with Gasteiger partial charge in [-0.25, -0.2) is 9.48 Å². The average Bonchev–Trinajstić information content (AvgIpc) is 2.38. The van der Waals surface area contributed by atoms with E-state index in [1.807, 2.05) is 0 Å². The molecule has 0 aliphatic carbocycles. The van der Waals surface area contributed by atoms with Crippen molar-refractivity contribution in [1.29, 1.82) is 0 Å². The van der Waals surface area contributed by atoms with Crippen LogP contribution in [-0.4, -0.2) is 28.4 Å². The van der Waals surface area contributed by atoms with Gasteiger partial charge in [-0.15, -0.1) is 6.42 Å². The Morgan fingerprint density at radius 2 is 2.42 bits per heavy atom. The third-order valence-corrected chi connectivity index (χ3v) is 2.53. The van der Waals surface area contributed by atoms with E-state index in [0.29, 0.717) is 0 Å². The number of carbonyl (C=O) groups excluding carboxylic acids is 1. The molecule has 1 N–H and O–H groups in total. The molecule has 0 amide bonds. The van der Waals surface area contributed by atoms with Crippen LogP contribution in [0.15, 0.2) is 11.0 Å². The Morgan fingerprint density at radius 1 is 1.74 bits per heavy atom. The molecule has 1 aromatic heterocycles. The van der Waals surface area contributed by atoms with E-state index in [1.54, 1.807) is 13.8 Å². The van der Waals surface area contributed by atoms with Crippen LogP contribution in [0.5, 0.6) is 0 Å². The highest BCUT2D eigenvalue weighted by Crippen LogP contribution is 2.16. The molecule has 0 aromatic carbocycles. The monoisotopic (exact) mass is 283 g/mol. The SMILES string of the molecule is C#CCn1ncc(Cl)c(NC(C)C(=O)OCC)c1=O. The van der Waals surface area contributed by atoms with Gasteiger partial charge in [-0.3, -0.25) is 4.79 Å². The number of terminal acetylenes is 1. The molecule has 0 radical (unpaired) electrons. The summed E-state index contributed by atoms with van der Waals surface area (Å²) in [6.07, 6.45) is 6.42. The molecule has 1 rings (SSSR count). The lowest BCUT2D eigenvalue weighted by atomic mass is 10.3. The zero-order valence-electron chi connectivity index (χ0n) is 10.6. The van der Waals surface area contributed by atoms with Crippen LogP contribution in [0.25, 0.3) is 0 Å². The molecule has 0 fully saturated rings. The summed E-state index contributed by atoms with van der Waals surface area (Å²) in [5.74, 6) is 1.83. The Kier molecular flexibility index (Phi) is 5.39. The minimum absolute atomic E-state index is 0.0263. The van der Waals surface area contributed by atoms with Gasteiger partial charge in [-0.05, 0) is 13.8 Å². The fraction of sp³-hybridized carbons (Fsp3) is 0.417. The van der Waals surface area contributed by atoms with E-state index in [4.69, 9.17) is 22.8 Å². The second-order valence-corrected chi connectivity index (χ2v) is 4.06. The number of nitrogens with zero attached hydrogens (tertiary/aromatic N) is 2. The number of anilines is 1. The van der Waals surface area contributed by atoms with Crippen LogP contribution in [0.4, 0.5) is 5.69 Å². The highest BCUT2D eigenvalue weighted by Gasteiger charge is 2.18. The largest absolute Gasteiger partial charge is 0.464 e. The lowest BCUT2D eigenvalue weighted by Crippen LogP contribution is -2.33. The number of aromatic nitrogens is 2. The number of halogens is 1. The van der Waals surface area contributed by atoms with Crippen molar-refractivity contribution in [2.24, 2.45) is 0 Å². The molecule has 1 unspecified atom stereocenters. The average molecular weight is 284 g/mol. The van der Waals surface area contributed by atoms with Crippen LogP contribution in [0.2, 0.25) is 5.02 Å². The van der Waals surface area contributed by atoms with Crippen LogP contribution in [0.1, 0.15) is 13.8 Å². The normalized spacial score (nSPS) is 11.5. The number of rotatable bonds is 5. The van der Waals surface area contributed by atoms with Gasteiger partial charge in [0, 0.05) is 0 Å². The number of hydrogen-bond donors (Lipinski definition) is 1. The zero-order chi connectivity index (χ0) is 14.4. The van der Waals surface area contributed by atoms with Crippen molar-refractivity contribution in [2.45, 2.75) is 26.4 Å². The molecule has 0 aliphatic heterocycles. The minimum atomic E-state index is -0.702. The maximum Gasteiger partial charge on any atom is 0.328 e. The second-order valence-electron chi connectivity index (χ2n) is 3.65. The molecule has 6 nitrogen and oxygen atoms in total. The summed E-state index contributed by atoms with van der Waals surface area (Å²) in [4.78, 5) is 23.5. The molecule has 0 aliphatic rings. The van der Waals surface area contributed by atoms with Crippen molar-refractivity contribution < 1.29 is 9.53 Å². The van der Waals surface area contributed by atoms with Crippen molar-refractivity contribution in [1.82, 2.24) is 9.78 Å². The number of esters is 1. The van der Waals surface area contributed by atoms with E-state index in [-0.39, 0.29) is 23.9 Å². The van der Waals surface area contributed by atoms with Gasteiger partial charge in [-0.2, -0.15) is 5.10 Å². The van der Waals surface area contributed by atoms with Gasteiger partial charge < -0.3 is 10.1 Å². The predicted molar refractivity (Wildman–Crippen MR) is 72.1 cm³/mol. The molecule has 1 aromatic rings. The number of nitrogens with one attached hydrogen (secondary N) is 1. The van der Waals surface area contributed by atoms with Crippen LogP contribution in [-0.2, 0) is 16.1 Å². The molecular formula is C12H14ClN3O3. The summed E-state index contributed by atoms with van der Waals surface area (Å²) in [5.41, 5.74) is -0.408. The lowest BCUT2D eigenvalue weighted by molar-refractivity contribution is -0.143. The van der Waals surface area contributed by atoms with Gasteiger partial charge in [0.15, 0.2) is 0 Å². The lowest BCUT2D eigenvalue weighted by Gasteiger charge is -2.14. The first-order valence-corrected chi connectivity index (χ1v) is 6.01. The molecule has 0 saturated carbocycles. The third-order valence-electron chi connectivity index (χ3n) is 2.24. The topological polar surface area (TPSA) is 73.2 Å². The third kappa shape index (κ3) is 3.73.